The van der Waals surface area contributed by atoms with E-state index in [2.05, 4.69) is 42.7 Å². The molecular weight excluding hydrogens is 278 g/mol. The maximum Gasteiger partial charge on any atom is 0.0829 e. The van der Waals surface area contributed by atoms with Gasteiger partial charge in [-0.25, -0.2) is 0 Å². The number of rotatable bonds is 12. The van der Waals surface area contributed by atoms with Crippen molar-refractivity contribution in [3.63, 3.8) is 0 Å². The molecule has 0 saturated heterocycles. The van der Waals surface area contributed by atoms with Gasteiger partial charge in [-0.05, 0) is 30.9 Å². The number of hydrogen-bond donors (Lipinski definition) is 1. The molecule has 0 aliphatic rings. The molecular formula is C17H33N3S. The van der Waals surface area contributed by atoms with Gasteiger partial charge in [-0.15, -0.1) is 5.10 Å². The Labute approximate surface area is 135 Å². The topological polar surface area (TPSA) is 37.8 Å². The largest absolute Gasteiger partial charge is 0.312 e. The Morgan fingerprint density at radius 3 is 2.19 bits per heavy atom. The summed E-state index contributed by atoms with van der Waals surface area (Å²) in [5.74, 6) is 0.466. The lowest BCUT2D eigenvalue weighted by molar-refractivity contribution is 0.495. The second kappa shape index (κ2) is 11.1. The first kappa shape index (κ1) is 18.6. The Balaban J connectivity index is 2.24. The lowest BCUT2D eigenvalue weighted by Crippen LogP contribution is -2.17. The van der Waals surface area contributed by atoms with Gasteiger partial charge in [0.25, 0.3) is 0 Å². The van der Waals surface area contributed by atoms with Crippen molar-refractivity contribution in [2.45, 2.75) is 90.5 Å². The molecule has 1 atom stereocenters. The molecule has 0 fully saturated rings. The molecule has 122 valence electrons. The molecule has 1 unspecified atom stereocenters. The average Bonchev–Trinajstić information content (AvgIpc) is 2.95. The van der Waals surface area contributed by atoms with E-state index in [-0.39, 0.29) is 0 Å². The summed E-state index contributed by atoms with van der Waals surface area (Å²) in [6.07, 6.45) is 12.2. The molecule has 0 amide bonds. The number of nitrogens with one attached hydrogen (secondary N) is 1. The van der Waals surface area contributed by atoms with Gasteiger partial charge in [-0.3, -0.25) is 0 Å². The van der Waals surface area contributed by atoms with Crippen LogP contribution in [-0.4, -0.2) is 16.6 Å². The molecule has 1 aromatic rings. The van der Waals surface area contributed by atoms with E-state index < -0.39 is 0 Å². The van der Waals surface area contributed by atoms with Crippen molar-refractivity contribution in [2.75, 3.05) is 7.05 Å². The highest BCUT2D eigenvalue weighted by molar-refractivity contribution is 7.05. The van der Waals surface area contributed by atoms with Gasteiger partial charge in [-0.1, -0.05) is 76.6 Å². The third kappa shape index (κ3) is 6.88. The van der Waals surface area contributed by atoms with Crippen molar-refractivity contribution < 1.29 is 0 Å². The van der Waals surface area contributed by atoms with Crippen LogP contribution in [0.5, 0.6) is 0 Å². The molecule has 0 radical (unpaired) electrons. The molecule has 0 aliphatic carbocycles. The number of hydrogen-bond acceptors (Lipinski definition) is 4. The first-order valence-corrected chi connectivity index (χ1v) is 9.47. The van der Waals surface area contributed by atoms with Gasteiger partial charge in [0.15, 0.2) is 0 Å². The summed E-state index contributed by atoms with van der Waals surface area (Å²) >= 11 is 1.56. The van der Waals surface area contributed by atoms with E-state index in [9.17, 15) is 0 Å². The average molecular weight is 312 g/mol. The molecule has 0 aliphatic heterocycles. The van der Waals surface area contributed by atoms with E-state index in [0.717, 1.165) is 0 Å². The maximum absolute atomic E-state index is 4.30. The fourth-order valence-corrected chi connectivity index (χ4v) is 3.69. The van der Waals surface area contributed by atoms with Crippen LogP contribution in [0, 0.1) is 0 Å². The highest BCUT2D eigenvalue weighted by Gasteiger charge is 2.19. The summed E-state index contributed by atoms with van der Waals surface area (Å²) in [4.78, 5) is 1.34. The van der Waals surface area contributed by atoms with Gasteiger partial charge in [0.05, 0.1) is 10.6 Å². The zero-order valence-electron chi connectivity index (χ0n) is 14.3. The molecule has 1 rings (SSSR count). The summed E-state index contributed by atoms with van der Waals surface area (Å²) in [5, 5.41) is 7.75. The summed E-state index contributed by atoms with van der Waals surface area (Å²) in [6.45, 7) is 6.67. The summed E-state index contributed by atoms with van der Waals surface area (Å²) in [6, 6.07) is 0.433. The van der Waals surface area contributed by atoms with E-state index in [1.54, 1.807) is 11.5 Å². The monoisotopic (exact) mass is 311 g/mol. The first-order valence-electron chi connectivity index (χ1n) is 8.70. The van der Waals surface area contributed by atoms with Gasteiger partial charge in [0.1, 0.15) is 0 Å². The van der Waals surface area contributed by atoms with Gasteiger partial charge in [-0.2, -0.15) is 0 Å². The van der Waals surface area contributed by atoms with Gasteiger partial charge < -0.3 is 5.32 Å². The molecule has 0 aromatic carbocycles. The minimum Gasteiger partial charge on any atom is -0.312 e. The minimum atomic E-state index is 0.433. The zero-order chi connectivity index (χ0) is 15.5. The summed E-state index contributed by atoms with van der Waals surface area (Å²) < 4.78 is 4.15. The van der Waals surface area contributed by atoms with Crippen molar-refractivity contribution in [1.82, 2.24) is 14.9 Å². The Kier molecular flexibility index (Phi) is 9.85. The summed E-state index contributed by atoms with van der Waals surface area (Å²) in [5.41, 5.74) is 1.18. The number of nitrogens with zero attached hydrogens (tertiary/aromatic N) is 2. The van der Waals surface area contributed by atoms with E-state index >= 15 is 0 Å². The van der Waals surface area contributed by atoms with Gasteiger partial charge >= 0.3 is 0 Å². The van der Waals surface area contributed by atoms with Crippen LogP contribution in [0.4, 0.5) is 0 Å². The maximum atomic E-state index is 4.30. The standard InChI is InChI=1S/C17H33N3S/c1-5-6-7-8-9-10-11-12-13-15(18-4)17-16(14(2)3)19-20-21-17/h14-15,18H,5-13H2,1-4H3. The van der Waals surface area contributed by atoms with Crippen LogP contribution < -0.4 is 5.32 Å². The molecule has 0 bridgehead atoms. The molecule has 3 nitrogen and oxygen atoms in total. The SMILES string of the molecule is CCCCCCCCCCC(NC)c1snnc1C(C)C. The molecule has 0 spiro atoms. The van der Waals surface area contributed by atoms with Crippen LogP contribution in [-0.2, 0) is 0 Å². The van der Waals surface area contributed by atoms with Gasteiger partial charge in [0, 0.05) is 6.04 Å². The lowest BCUT2D eigenvalue weighted by Gasteiger charge is -2.16. The molecule has 1 heterocycles. The Hall–Kier alpha value is -0.480. The van der Waals surface area contributed by atoms with E-state index in [0.29, 0.717) is 12.0 Å². The van der Waals surface area contributed by atoms with E-state index in [1.807, 2.05) is 0 Å². The van der Waals surface area contributed by atoms with E-state index in [1.165, 1.54) is 68.4 Å². The molecule has 0 saturated carbocycles. The van der Waals surface area contributed by atoms with Crippen LogP contribution >= 0.6 is 11.5 Å². The van der Waals surface area contributed by atoms with Gasteiger partial charge in [0.2, 0.25) is 0 Å². The first-order chi connectivity index (χ1) is 10.2. The Morgan fingerprint density at radius 2 is 1.62 bits per heavy atom. The highest BCUT2D eigenvalue weighted by Crippen LogP contribution is 2.29. The van der Waals surface area contributed by atoms with Crippen LogP contribution in [0.3, 0.4) is 0 Å². The summed E-state index contributed by atoms with van der Waals surface area (Å²) in [7, 11) is 2.05. The van der Waals surface area contributed by atoms with Crippen LogP contribution in [0.1, 0.15) is 101 Å². The number of unbranched alkanes of at least 4 members (excludes halogenated alkanes) is 7. The van der Waals surface area contributed by atoms with E-state index in [4.69, 9.17) is 0 Å². The predicted molar refractivity (Wildman–Crippen MR) is 93.0 cm³/mol. The van der Waals surface area contributed by atoms with Crippen molar-refractivity contribution in [1.29, 1.82) is 0 Å². The fraction of sp³-hybridized carbons (Fsp3) is 0.882. The fourth-order valence-electron chi connectivity index (χ4n) is 2.74. The van der Waals surface area contributed by atoms with Crippen molar-refractivity contribution >= 4 is 11.5 Å². The third-order valence-electron chi connectivity index (χ3n) is 4.10. The molecule has 21 heavy (non-hydrogen) atoms. The van der Waals surface area contributed by atoms with Crippen LogP contribution in [0.2, 0.25) is 0 Å². The normalized spacial score (nSPS) is 13.0. The van der Waals surface area contributed by atoms with Crippen molar-refractivity contribution in [2.24, 2.45) is 0 Å². The lowest BCUT2D eigenvalue weighted by atomic mass is 10.0. The van der Waals surface area contributed by atoms with Crippen molar-refractivity contribution in [3.05, 3.63) is 10.6 Å². The van der Waals surface area contributed by atoms with Crippen LogP contribution in [0.15, 0.2) is 0 Å². The smallest absolute Gasteiger partial charge is 0.0829 e. The number of aromatic nitrogens is 2. The third-order valence-corrected chi connectivity index (χ3v) is 4.95. The zero-order valence-corrected chi connectivity index (χ0v) is 15.1. The minimum absolute atomic E-state index is 0.433. The second-order valence-electron chi connectivity index (χ2n) is 6.28. The Bertz CT molecular complexity index is 363. The van der Waals surface area contributed by atoms with Crippen LogP contribution in [0.25, 0.3) is 0 Å². The molecule has 4 heteroatoms. The second-order valence-corrected chi connectivity index (χ2v) is 7.07. The van der Waals surface area contributed by atoms with Crippen molar-refractivity contribution in [3.8, 4) is 0 Å². The highest BCUT2D eigenvalue weighted by atomic mass is 32.1. The molecule has 1 aromatic heterocycles. The quantitative estimate of drug-likeness (QED) is 0.521. The Morgan fingerprint density at radius 1 is 1.00 bits per heavy atom. The molecule has 1 N–H and O–H groups in total. The predicted octanol–water partition coefficient (Wildman–Crippen LogP) is 5.45.